The van der Waals surface area contributed by atoms with E-state index in [4.69, 9.17) is 9.47 Å². The van der Waals surface area contributed by atoms with Gasteiger partial charge < -0.3 is 14.4 Å². The molecule has 5 nitrogen and oxygen atoms in total. The Labute approximate surface area is 176 Å². The second-order valence-electron chi connectivity index (χ2n) is 7.37. The fourth-order valence-electron chi connectivity index (χ4n) is 3.38. The number of halogens is 3. The molecule has 2 atom stereocenters. The van der Waals surface area contributed by atoms with Crippen LogP contribution in [0.1, 0.15) is 17.8 Å². The second-order valence-corrected chi connectivity index (χ2v) is 8.43. The van der Waals surface area contributed by atoms with Gasteiger partial charge in [0.1, 0.15) is 18.2 Å². The maximum atomic E-state index is 12.5. The molecule has 0 radical (unpaired) electrons. The number of dihydropyridines is 1. The first-order valence-corrected chi connectivity index (χ1v) is 10.5. The molecule has 30 heavy (non-hydrogen) atoms. The largest absolute Gasteiger partial charge is 0.411 e. The molecule has 2 unspecified atom stereocenters. The van der Waals surface area contributed by atoms with Gasteiger partial charge in [-0.15, -0.1) is 11.3 Å². The van der Waals surface area contributed by atoms with Crippen molar-refractivity contribution in [3.63, 3.8) is 0 Å². The van der Waals surface area contributed by atoms with Crippen molar-refractivity contribution in [3.05, 3.63) is 47.6 Å². The molecule has 4 rings (SSSR count). The highest BCUT2D eigenvalue weighted by molar-refractivity contribution is 7.16. The Morgan fingerprint density at radius 2 is 2.00 bits per heavy atom. The van der Waals surface area contributed by atoms with Crippen LogP contribution >= 0.6 is 11.3 Å². The molecule has 160 valence electrons. The van der Waals surface area contributed by atoms with E-state index in [1.54, 1.807) is 36.7 Å². The third-order valence-electron chi connectivity index (χ3n) is 4.96. The first kappa shape index (κ1) is 21.0. The summed E-state index contributed by atoms with van der Waals surface area (Å²) in [6.07, 6.45) is 4.07. The SMILES string of the molecule is CC1(OCC(F)(F)F)C=CC(c2cc(-c3ccncc3)c(N3CCOCC3)s2)N=C1. The Morgan fingerprint density at radius 3 is 2.63 bits per heavy atom. The van der Waals surface area contributed by atoms with Crippen LogP contribution in [0.15, 0.2) is 47.7 Å². The molecule has 1 saturated heterocycles. The lowest BCUT2D eigenvalue weighted by Crippen LogP contribution is -2.35. The maximum Gasteiger partial charge on any atom is 0.411 e. The third kappa shape index (κ3) is 4.91. The van der Waals surface area contributed by atoms with Crippen LogP contribution in [0.25, 0.3) is 11.1 Å². The number of alkyl halides is 3. The number of hydrogen-bond donors (Lipinski definition) is 0. The molecule has 0 amide bonds. The standard InChI is InChI=1S/C21H22F3N3O2S/c1-20(29-14-21(22,23)24)5-2-17(26-13-20)18-12-16(15-3-6-25-7-4-15)19(30-18)27-8-10-28-11-9-27/h2-7,12-13,17H,8-11,14H2,1H3. The van der Waals surface area contributed by atoms with Gasteiger partial charge >= 0.3 is 6.18 Å². The van der Waals surface area contributed by atoms with E-state index in [9.17, 15) is 13.2 Å². The first-order valence-electron chi connectivity index (χ1n) is 9.64. The summed E-state index contributed by atoms with van der Waals surface area (Å²) in [7, 11) is 0. The van der Waals surface area contributed by atoms with Crippen LogP contribution in [-0.4, -0.2) is 55.9 Å². The van der Waals surface area contributed by atoms with E-state index in [1.807, 2.05) is 18.2 Å². The van der Waals surface area contributed by atoms with Crippen LogP contribution in [0.5, 0.6) is 0 Å². The molecule has 2 aliphatic heterocycles. The van der Waals surface area contributed by atoms with Crippen molar-refractivity contribution >= 4 is 22.6 Å². The molecular weight excluding hydrogens is 415 g/mol. The van der Waals surface area contributed by atoms with Crippen molar-refractivity contribution in [3.8, 4) is 11.1 Å². The normalized spacial score (nSPS) is 24.4. The van der Waals surface area contributed by atoms with Crippen LogP contribution in [0.4, 0.5) is 18.2 Å². The Morgan fingerprint density at radius 1 is 1.27 bits per heavy atom. The summed E-state index contributed by atoms with van der Waals surface area (Å²) in [5.74, 6) is 0. The number of thiophene rings is 1. The minimum atomic E-state index is -4.37. The lowest BCUT2D eigenvalue weighted by molar-refractivity contribution is -0.185. The minimum absolute atomic E-state index is 0.257. The summed E-state index contributed by atoms with van der Waals surface area (Å²) in [6, 6.07) is 5.79. The number of rotatable bonds is 5. The van der Waals surface area contributed by atoms with Crippen molar-refractivity contribution in [2.45, 2.75) is 24.7 Å². The minimum Gasteiger partial charge on any atom is -0.378 e. The zero-order valence-corrected chi connectivity index (χ0v) is 17.2. The fraction of sp³-hybridized carbons (Fsp3) is 0.429. The quantitative estimate of drug-likeness (QED) is 0.638. The maximum absolute atomic E-state index is 12.5. The number of aromatic nitrogens is 1. The van der Waals surface area contributed by atoms with Gasteiger partial charge in [-0.25, -0.2) is 0 Å². The Bertz CT molecular complexity index is 907. The van der Waals surface area contributed by atoms with Crippen molar-refractivity contribution in [1.82, 2.24) is 4.98 Å². The van der Waals surface area contributed by atoms with Gasteiger partial charge in [0.05, 0.1) is 18.2 Å². The van der Waals surface area contributed by atoms with Crippen LogP contribution in [0, 0.1) is 0 Å². The zero-order chi connectivity index (χ0) is 21.2. The van der Waals surface area contributed by atoms with E-state index in [1.165, 1.54) is 6.21 Å². The molecule has 1 fully saturated rings. The predicted octanol–water partition coefficient (Wildman–Crippen LogP) is 4.67. The average molecular weight is 437 g/mol. The fourth-order valence-corrected chi connectivity index (χ4v) is 4.64. The summed E-state index contributed by atoms with van der Waals surface area (Å²) in [4.78, 5) is 11.9. The van der Waals surface area contributed by atoms with Crippen molar-refractivity contribution in [2.75, 3.05) is 37.8 Å². The molecule has 2 aliphatic rings. The highest BCUT2D eigenvalue weighted by Crippen LogP contribution is 2.43. The van der Waals surface area contributed by atoms with Crippen molar-refractivity contribution in [2.24, 2.45) is 4.99 Å². The zero-order valence-electron chi connectivity index (χ0n) is 16.4. The van der Waals surface area contributed by atoms with Crippen LogP contribution in [0.3, 0.4) is 0 Å². The van der Waals surface area contributed by atoms with E-state index in [0.717, 1.165) is 34.1 Å². The number of hydrogen-bond acceptors (Lipinski definition) is 6. The molecule has 0 aliphatic carbocycles. The van der Waals surface area contributed by atoms with Gasteiger partial charge in [0.2, 0.25) is 0 Å². The number of aliphatic imine (C=N–C) groups is 1. The summed E-state index contributed by atoms with van der Waals surface area (Å²) >= 11 is 1.65. The summed E-state index contributed by atoms with van der Waals surface area (Å²) < 4.78 is 48.0. The van der Waals surface area contributed by atoms with E-state index in [0.29, 0.717) is 13.2 Å². The Hall–Kier alpha value is -2.23. The Kier molecular flexibility index (Phi) is 5.95. The third-order valence-corrected chi connectivity index (χ3v) is 6.23. The molecule has 4 heterocycles. The molecule has 2 aromatic rings. The second kappa shape index (κ2) is 8.49. The van der Waals surface area contributed by atoms with Gasteiger partial charge in [-0.2, -0.15) is 13.2 Å². The van der Waals surface area contributed by atoms with Crippen LogP contribution in [-0.2, 0) is 9.47 Å². The topological polar surface area (TPSA) is 47.0 Å². The van der Waals surface area contributed by atoms with E-state index >= 15 is 0 Å². The van der Waals surface area contributed by atoms with Crippen molar-refractivity contribution in [1.29, 1.82) is 0 Å². The van der Waals surface area contributed by atoms with Crippen molar-refractivity contribution < 1.29 is 22.6 Å². The molecule has 2 aromatic heterocycles. The molecule has 0 saturated carbocycles. The molecule has 0 N–H and O–H groups in total. The summed E-state index contributed by atoms with van der Waals surface area (Å²) in [6.45, 7) is 3.25. The van der Waals surface area contributed by atoms with E-state index < -0.39 is 18.4 Å². The smallest absolute Gasteiger partial charge is 0.378 e. The average Bonchev–Trinajstić information content (AvgIpc) is 3.19. The van der Waals surface area contributed by atoms with Gasteiger partial charge in [0, 0.05) is 42.1 Å². The number of nitrogens with zero attached hydrogens (tertiary/aromatic N) is 3. The number of pyridine rings is 1. The lowest BCUT2D eigenvalue weighted by Gasteiger charge is -2.28. The van der Waals surface area contributed by atoms with Crippen LogP contribution in [0.2, 0.25) is 0 Å². The van der Waals surface area contributed by atoms with E-state index in [-0.39, 0.29) is 6.04 Å². The number of ether oxygens (including phenoxy) is 2. The first-order chi connectivity index (χ1) is 14.3. The van der Waals surface area contributed by atoms with Gasteiger partial charge in [0.15, 0.2) is 0 Å². The molecule has 0 bridgehead atoms. The van der Waals surface area contributed by atoms with Gasteiger partial charge in [0.25, 0.3) is 0 Å². The molecular formula is C21H22F3N3O2S. The number of anilines is 1. The molecule has 0 spiro atoms. The van der Waals surface area contributed by atoms with Gasteiger partial charge in [-0.1, -0.05) is 6.08 Å². The van der Waals surface area contributed by atoms with E-state index in [2.05, 4.69) is 20.9 Å². The Balaban J connectivity index is 1.59. The summed E-state index contributed by atoms with van der Waals surface area (Å²) in [5.41, 5.74) is 1.00. The van der Waals surface area contributed by atoms with Gasteiger partial charge in [-0.05, 0) is 36.8 Å². The van der Waals surface area contributed by atoms with Crippen LogP contribution < -0.4 is 4.90 Å². The predicted molar refractivity (Wildman–Crippen MR) is 111 cm³/mol. The number of morpholine rings is 1. The highest BCUT2D eigenvalue weighted by Gasteiger charge is 2.34. The molecule has 0 aromatic carbocycles. The molecule has 9 heteroatoms. The summed E-state index contributed by atoms with van der Waals surface area (Å²) in [5, 5.41) is 1.14. The van der Waals surface area contributed by atoms with Gasteiger partial charge in [-0.3, -0.25) is 9.98 Å². The monoisotopic (exact) mass is 437 g/mol. The lowest BCUT2D eigenvalue weighted by atomic mass is 10.0. The highest BCUT2D eigenvalue weighted by atomic mass is 32.1.